The SMILES string of the molecule is CC1(C(C)(O)C2(CN)COc3ccccc3C2)CC1. The number of ether oxygens (including phenoxy) is 1. The van der Waals surface area contributed by atoms with Crippen molar-refractivity contribution < 1.29 is 9.84 Å². The normalized spacial score (nSPS) is 30.9. The van der Waals surface area contributed by atoms with E-state index in [1.54, 1.807) is 0 Å². The van der Waals surface area contributed by atoms with Crippen LogP contribution in [0.2, 0.25) is 0 Å². The minimum atomic E-state index is -0.789. The summed E-state index contributed by atoms with van der Waals surface area (Å²) < 4.78 is 5.90. The van der Waals surface area contributed by atoms with Crippen LogP contribution >= 0.6 is 0 Å². The molecule has 3 N–H and O–H groups in total. The number of rotatable bonds is 3. The maximum Gasteiger partial charge on any atom is 0.122 e. The molecule has 0 aromatic heterocycles. The minimum Gasteiger partial charge on any atom is -0.493 e. The van der Waals surface area contributed by atoms with Gasteiger partial charge in [-0.15, -0.1) is 0 Å². The molecule has 3 heteroatoms. The van der Waals surface area contributed by atoms with Gasteiger partial charge in [-0.2, -0.15) is 0 Å². The summed E-state index contributed by atoms with van der Waals surface area (Å²) in [5, 5.41) is 11.2. The Kier molecular flexibility index (Phi) is 2.70. The lowest BCUT2D eigenvalue weighted by atomic mass is 9.62. The summed E-state index contributed by atoms with van der Waals surface area (Å²) in [7, 11) is 0. The molecule has 1 aliphatic heterocycles. The molecule has 1 saturated carbocycles. The molecule has 1 aromatic carbocycles. The fourth-order valence-corrected chi connectivity index (χ4v) is 3.38. The third-order valence-corrected chi connectivity index (χ3v) is 5.60. The number of aliphatic hydroxyl groups is 1. The molecular weight excluding hydrogens is 238 g/mol. The highest BCUT2D eigenvalue weighted by Crippen LogP contribution is 2.60. The monoisotopic (exact) mass is 261 g/mol. The van der Waals surface area contributed by atoms with Gasteiger partial charge >= 0.3 is 0 Å². The van der Waals surface area contributed by atoms with Crippen molar-refractivity contribution in [3.05, 3.63) is 29.8 Å². The Morgan fingerprint density at radius 2 is 2.05 bits per heavy atom. The van der Waals surface area contributed by atoms with Crippen molar-refractivity contribution in [3.63, 3.8) is 0 Å². The lowest BCUT2D eigenvalue weighted by Crippen LogP contribution is -2.60. The van der Waals surface area contributed by atoms with Gasteiger partial charge in [0.25, 0.3) is 0 Å². The Balaban J connectivity index is 1.98. The fraction of sp³-hybridized carbons (Fsp3) is 0.625. The minimum absolute atomic E-state index is 0.0119. The van der Waals surface area contributed by atoms with Gasteiger partial charge in [0.15, 0.2) is 0 Å². The van der Waals surface area contributed by atoms with E-state index in [0.717, 1.165) is 30.6 Å². The molecule has 2 atom stereocenters. The predicted molar refractivity (Wildman–Crippen MR) is 75.1 cm³/mol. The van der Waals surface area contributed by atoms with Crippen molar-refractivity contribution >= 4 is 0 Å². The quantitative estimate of drug-likeness (QED) is 0.876. The van der Waals surface area contributed by atoms with Crippen LogP contribution < -0.4 is 10.5 Å². The van der Waals surface area contributed by atoms with Crippen molar-refractivity contribution in [3.8, 4) is 5.75 Å². The van der Waals surface area contributed by atoms with Crippen molar-refractivity contribution in [1.82, 2.24) is 0 Å². The van der Waals surface area contributed by atoms with E-state index < -0.39 is 5.60 Å². The summed E-state index contributed by atoms with van der Waals surface area (Å²) in [6, 6.07) is 8.06. The van der Waals surface area contributed by atoms with E-state index in [1.165, 1.54) is 0 Å². The summed E-state index contributed by atoms with van der Waals surface area (Å²) in [5.41, 5.74) is 6.04. The highest BCUT2D eigenvalue weighted by atomic mass is 16.5. The van der Waals surface area contributed by atoms with Crippen LogP contribution in [-0.4, -0.2) is 23.9 Å². The molecule has 2 aliphatic rings. The summed E-state index contributed by atoms with van der Waals surface area (Å²) in [6.45, 7) is 5.06. The highest BCUT2D eigenvalue weighted by molar-refractivity contribution is 5.37. The van der Waals surface area contributed by atoms with E-state index >= 15 is 0 Å². The summed E-state index contributed by atoms with van der Waals surface area (Å²) in [6.07, 6.45) is 2.94. The first-order valence-corrected chi connectivity index (χ1v) is 7.07. The predicted octanol–water partition coefficient (Wildman–Crippen LogP) is 2.12. The maximum atomic E-state index is 11.2. The smallest absolute Gasteiger partial charge is 0.122 e. The summed E-state index contributed by atoms with van der Waals surface area (Å²) in [5.74, 6) is 0.934. The lowest BCUT2D eigenvalue weighted by Gasteiger charge is -2.50. The van der Waals surface area contributed by atoms with Crippen molar-refractivity contribution in [1.29, 1.82) is 0 Å². The molecule has 0 radical (unpaired) electrons. The zero-order chi connectivity index (χ0) is 13.7. The van der Waals surface area contributed by atoms with Crippen LogP contribution in [-0.2, 0) is 6.42 Å². The number of benzene rings is 1. The molecule has 1 aromatic rings. The average molecular weight is 261 g/mol. The Bertz CT molecular complexity index is 493. The molecule has 2 unspecified atom stereocenters. The number of hydrogen-bond acceptors (Lipinski definition) is 3. The van der Waals surface area contributed by atoms with Gasteiger partial charge < -0.3 is 15.6 Å². The summed E-state index contributed by atoms with van der Waals surface area (Å²) in [4.78, 5) is 0. The second kappa shape index (κ2) is 3.97. The van der Waals surface area contributed by atoms with Crippen LogP contribution in [0.1, 0.15) is 32.3 Å². The van der Waals surface area contributed by atoms with E-state index in [-0.39, 0.29) is 10.8 Å². The van der Waals surface area contributed by atoms with Crippen molar-refractivity contribution in [2.45, 2.75) is 38.7 Å². The van der Waals surface area contributed by atoms with E-state index in [4.69, 9.17) is 10.5 Å². The Morgan fingerprint density at radius 3 is 2.68 bits per heavy atom. The largest absolute Gasteiger partial charge is 0.493 e. The average Bonchev–Trinajstić information content (AvgIpc) is 3.17. The number of para-hydroxylation sites is 1. The van der Waals surface area contributed by atoms with Crippen LogP contribution in [0, 0.1) is 10.8 Å². The van der Waals surface area contributed by atoms with Crippen LogP contribution in [0.4, 0.5) is 0 Å². The molecule has 104 valence electrons. The van der Waals surface area contributed by atoms with Crippen LogP contribution in [0.3, 0.4) is 0 Å². The maximum absolute atomic E-state index is 11.2. The zero-order valence-corrected chi connectivity index (χ0v) is 11.8. The molecular formula is C16H23NO2. The molecule has 1 aliphatic carbocycles. The first kappa shape index (κ1) is 12.9. The standard InChI is InChI=1S/C16H23NO2/c1-14(7-8-14)15(2,18)16(10-17)9-12-5-3-4-6-13(12)19-11-16/h3-6,18H,7-11,17H2,1-2H3. The Hall–Kier alpha value is -1.06. The van der Waals surface area contributed by atoms with Gasteiger partial charge in [0.1, 0.15) is 5.75 Å². The van der Waals surface area contributed by atoms with Gasteiger partial charge in [0.2, 0.25) is 0 Å². The van der Waals surface area contributed by atoms with E-state index in [2.05, 4.69) is 13.0 Å². The third-order valence-electron chi connectivity index (χ3n) is 5.60. The molecule has 1 fully saturated rings. The first-order valence-electron chi connectivity index (χ1n) is 7.07. The molecule has 0 spiro atoms. The molecule has 0 saturated heterocycles. The van der Waals surface area contributed by atoms with Crippen LogP contribution in [0.5, 0.6) is 5.75 Å². The van der Waals surface area contributed by atoms with E-state index in [1.807, 2.05) is 25.1 Å². The molecule has 3 rings (SSSR count). The van der Waals surface area contributed by atoms with Gasteiger partial charge in [0.05, 0.1) is 12.2 Å². The van der Waals surface area contributed by atoms with Crippen molar-refractivity contribution in [2.24, 2.45) is 16.6 Å². The van der Waals surface area contributed by atoms with Crippen LogP contribution in [0.15, 0.2) is 24.3 Å². The number of fused-ring (bicyclic) bond motifs is 1. The second-order valence-electron chi connectivity index (χ2n) is 6.69. The zero-order valence-electron chi connectivity index (χ0n) is 11.8. The fourth-order valence-electron chi connectivity index (χ4n) is 3.38. The Labute approximate surface area is 114 Å². The topological polar surface area (TPSA) is 55.5 Å². The van der Waals surface area contributed by atoms with Gasteiger partial charge in [0, 0.05) is 12.0 Å². The number of hydrogen-bond donors (Lipinski definition) is 2. The van der Waals surface area contributed by atoms with E-state index in [9.17, 15) is 5.11 Å². The molecule has 0 amide bonds. The van der Waals surface area contributed by atoms with Crippen LogP contribution in [0.25, 0.3) is 0 Å². The summed E-state index contributed by atoms with van der Waals surface area (Å²) >= 11 is 0. The van der Waals surface area contributed by atoms with Gasteiger partial charge in [-0.25, -0.2) is 0 Å². The highest BCUT2D eigenvalue weighted by Gasteiger charge is 2.62. The van der Waals surface area contributed by atoms with Gasteiger partial charge in [-0.3, -0.25) is 0 Å². The second-order valence-corrected chi connectivity index (χ2v) is 6.69. The molecule has 19 heavy (non-hydrogen) atoms. The molecule has 0 bridgehead atoms. The lowest BCUT2D eigenvalue weighted by molar-refractivity contribution is -0.137. The Morgan fingerprint density at radius 1 is 1.37 bits per heavy atom. The first-order chi connectivity index (χ1) is 8.94. The van der Waals surface area contributed by atoms with Crippen molar-refractivity contribution in [2.75, 3.05) is 13.2 Å². The van der Waals surface area contributed by atoms with E-state index in [0.29, 0.717) is 13.2 Å². The van der Waals surface area contributed by atoms with Gasteiger partial charge in [-0.1, -0.05) is 25.1 Å². The number of nitrogens with two attached hydrogens (primary N) is 1. The third kappa shape index (κ3) is 1.72. The molecule has 1 heterocycles. The van der Waals surface area contributed by atoms with Gasteiger partial charge in [-0.05, 0) is 43.2 Å². The molecule has 3 nitrogen and oxygen atoms in total.